The molecule has 1 aliphatic rings. The molecule has 0 bridgehead atoms. The van der Waals surface area contributed by atoms with E-state index in [1.165, 1.54) is 0 Å². The van der Waals surface area contributed by atoms with Gasteiger partial charge in [0.1, 0.15) is 5.54 Å². The molecule has 1 fully saturated rings. The molecule has 1 atom stereocenters. The molecule has 1 aromatic carbocycles. The quantitative estimate of drug-likeness (QED) is 0.664. The number of nitrogens with one attached hydrogen (secondary N) is 1. The summed E-state index contributed by atoms with van der Waals surface area (Å²) in [6.45, 7) is 5.35. The molecule has 2 heterocycles. The number of Topliss-reactive ketones (excluding diaryl/α,β-unsaturated/α-hetero) is 1. The van der Waals surface area contributed by atoms with E-state index in [4.69, 9.17) is 0 Å². The number of ketones is 1. The van der Waals surface area contributed by atoms with Crippen LogP contribution in [0, 0.1) is 13.8 Å². The normalized spacial score (nSPS) is 19.8. The van der Waals surface area contributed by atoms with Gasteiger partial charge < -0.3 is 9.88 Å². The summed E-state index contributed by atoms with van der Waals surface area (Å²) in [7, 11) is 1.88. The third kappa shape index (κ3) is 2.62. The van der Waals surface area contributed by atoms with Crippen molar-refractivity contribution in [2.75, 3.05) is 6.54 Å². The number of hydrogen-bond donors (Lipinski definition) is 1. The molecule has 2 aromatic rings. The Morgan fingerprint density at radius 1 is 1.15 bits per heavy atom. The molecule has 1 aromatic heterocycles. The number of imide groups is 1. The summed E-state index contributed by atoms with van der Waals surface area (Å²) in [6.07, 6.45) is 0.412. The molecule has 3 rings (SSSR count). The molecule has 26 heavy (non-hydrogen) atoms. The Labute approximate surface area is 152 Å². The lowest BCUT2D eigenvalue weighted by Gasteiger charge is -2.25. The van der Waals surface area contributed by atoms with Gasteiger partial charge in [-0.2, -0.15) is 0 Å². The Morgan fingerprint density at radius 2 is 1.81 bits per heavy atom. The van der Waals surface area contributed by atoms with Crippen molar-refractivity contribution < 1.29 is 14.4 Å². The standard InChI is InChI=1S/C20H23N3O3/c1-5-20(15-9-7-6-8-10-15)18(25)23(19(26)21-20)12-17(24)16-11-13(2)22(4)14(16)3/h6-11H,5,12H2,1-4H3,(H,21,26)/t20-/m1/s1. The van der Waals surface area contributed by atoms with Crippen molar-refractivity contribution in [3.63, 3.8) is 0 Å². The van der Waals surface area contributed by atoms with Gasteiger partial charge in [0.05, 0.1) is 6.54 Å². The van der Waals surface area contributed by atoms with Crippen LogP contribution in [0.3, 0.4) is 0 Å². The molecule has 0 spiro atoms. The van der Waals surface area contributed by atoms with E-state index >= 15 is 0 Å². The van der Waals surface area contributed by atoms with Gasteiger partial charge in [0.25, 0.3) is 5.91 Å². The molecule has 0 saturated carbocycles. The largest absolute Gasteiger partial charge is 0.351 e. The first kappa shape index (κ1) is 17.9. The zero-order chi connectivity index (χ0) is 19.1. The first-order valence-corrected chi connectivity index (χ1v) is 8.67. The fourth-order valence-electron chi connectivity index (χ4n) is 3.50. The van der Waals surface area contributed by atoms with E-state index in [0.717, 1.165) is 21.9 Å². The lowest BCUT2D eigenvalue weighted by Crippen LogP contribution is -2.43. The minimum absolute atomic E-state index is 0.241. The molecular weight excluding hydrogens is 330 g/mol. The summed E-state index contributed by atoms with van der Waals surface area (Å²) in [6, 6.07) is 10.4. The second-order valence-electron chi connectivity index (χ2n) is 6.71. The number of benzene rings is 1. The van der Waals surface area contributed by atoms with Crippen molar-refractivity contribution in [2.24, 2.45) is 7.05 Å². The number of nitrogens with zero attached hydrogens (tertiary/aromatic N) is 2. The van der Waals surface area contributed by atoms with Gasteiger partial charge in [0, 0.05) is 24.0 Å². The molecule has 3 amide bonds. The third-order valence-electron chi connectivity index (χ3n) is 5.35. The Bertz CT molecular complexity index is 885. The fraction of sp³-hybridized carbons (Fsp3) is 0.350. The lowest BCUT2D eigenvalue weighted by atomic mass is 9.87. The molecule has 136 valence electrons. The van der Waals surface area contributed by atoms with Crippen molar-refractivity contribution in [1.82, 2.24) is 14.8 Å². The van der Waals surface area contributed by atoms with E-state index in [0.29, 0.717) is 12.0 Å². The number of aromatic nitrogens is 1. The van der Waals surface area contributed by atoms with E-state index in [2.05, 4.69) is 5.32 Å². The molecule has 0 radical (unpaired) electrons. The maximum Gasteiger partial charge on any atom is 0.325 e. The van der Waals surface area contributed by atoms with Gasteiger partial charge in [-0.15, -0.1) is 0 Å². The van der Waals surface area contributed by atoms with E-state index in [1.807, 2.05) is 62.7 Å². The van der Waals surface area contributed by atoms with Crippen LogP contribution in [-0.4, -0.2) is 33.7 Å². The summed E-state index contributed by atoms with van der Waals surface area (Å²) in [5.74, 6) is -0.621. The summed E-state index contributed by atoms with van der Waals surface area (Å²) in [5.41, 5.74) is 1.93. The highest BCUT2D eigenvalue weighted by Crippen LogP contribution is 2.32. The minimum Gasteiger partial charge on any atom is -0.351 e. The van der Waals surface area contributed by atoms with Gasteiger partial charge in [-0.25, -0.2) is 4.79 Å². The summed E-state index contributed by atoms with van der Waals surface area (Å²) < 4.78 is 1.92. The highest BCUT2D eigenvalue weighted by molar-refractivity contribution is 6.11. The maximum atomic E-state index is 13.1. The van der Waals surface area contributed by atoms with Crippen molar-refractivity contribution in [1.29, 1.82) is 0 Å². The molecule has 6 nitrogen and oxygen atoms in total. The maximum absolute atomic E-state index is 13.1. The van der Waals surface area contributed by atoms with Crippen LogP contribution in [0.2, 0.25) is 0 Å². The highest BCUT2D eigenvalue weighted by Gasteiger charge is 2.51. The molecule has 0 unspecified atom stereocenters. The Kier molecular flexibility index (Phi) is 4.44. The number of carbonyl (C=O) groups is 3. The second-order valence-corrected chi connectivity index (χ2v) is 6.71. The number of aryl methyl sites for hydroxylation is 1. The van der Waals surface area contributed by atoms with Crippen LogP contribution in [0.4, 0.5) is 4.79 Å². The number of carbonyl (C=O) groups excluding carboxylic acids is 3. The molecular formula is C20H23N3O3. The third-order valence-corrected chi connectivity index (χ3v) is 5.35. The van der Waals surface area contributed by atoms with Crippen LogP contribution >= 0.6 is 0 Å². The Morgan fingerprint density at radius 3 is 2.35 bits per heavy atom. The van der Waals surface area contributed by atoms with Gasteiger partial charge in [-0.3, -0.25) is 14.5 Å². The minimum atomic E-state index is -1.11. The van der Waals surface area contributed by atoms with Crippen LogP contribution in [-0.2, 0) is 17.4 Å². The first-order chi connectivity index (χ1) is 12.3. The van der Waals surface area contributed by atoms with Gasteiger partial charge in [0.2, 0.25) is 0 Å². The summed E-state index contributed by atoms with van der Waals surface area (Å²) in [4.78, 5) is 39.3. The van der Waals surface area contributed by atoms with Crippen molar-refractivity contribution >= 4 is 17.7 Å². The van der Waals surface area contributed by atoms with E-state index in [1.54, 1.807) is 6.07 Å². The smallest absolute Gasteiger partial charge is 0.325 e. The summed E-state index contributed by atoms with van der Waals surface area (Å²) in [5, 5.41) is 2.80. The topological polar surface area (TPSA) is 71.4 Å². The van der Waals surface area contributed by atoms with E-state index in [-0.39, 0.29) is 18.2 Å². The SMILES string of the molecule is CC[C@]1(c2ccccc2)NC(=O)N(CC(=O)c2cc(C)n(C)c2C)C1=O. The molecule has 6 heteroatoms. The zero-order valence-corrected chi connectivity index (χ0v) is 15.5. The monoisotopic (exact) mass is 353 g/mol. The number of amides is 3. The first-order valence-electron chi connectivity index (χ1n) is 8.67. The average Bonchev–Trinajstić information content (AvgIpc) is 3.05. The predicted molar refractivity (Wildman–Crippen MR) is 97.9 cm³/mol. The average molecular weight is 353 g/mol. The van der Waals surface area contributed by atoms with E-state index in [9.17, 15) is 14.4 Å². The lowest BCUT2D eigenvalue weighted by molar-refractivity contribution is -0.131. The second kappa shape index (κ2) is 6.44. The number of rotatable bonds is 5. The highest BCUT2D eigenvalue weighted by atomic mass is 16.2. The van der Waals surface area contributed by atoms with Crippen molar-refractivity contribution in [3.8, 4) is 0 Å². The fourth-order valence-corrected chi connectivity index (χ4v) is 3.50. The number of hydrogen-bond acceptors (Lipinski definition) is 3. The van der Waals surface area contributed by atoms with Crippen LogP contribution in [0.1, 0.15) is 40.7 Å². The van der Waals surface area contributed by atoms with Crippen molar-refractivity contribution in [3.05, 3.63) is 58.9 Å². The molecule has 1 N–H and O–H groups in total. The molecule has 0 aliphatic carbocycles. The van der Waals surface area contributed by atoms with Crippen molar-refractivity contribution in [2.45, 2.75) is 32.7 Å². The Hall–Kier alpha value is -2.89. The van der Waals surface area contributed by atoms with Gasteiger partial charge in [-0.1, -0.05) is 37.3 Å². The molecule has 1 saturated heterocycles. The van der Waals surface area contributed by atoms with Crippen LogP contribution in [0.5, 0.6) is 0 Å². The predicted octanol–water partition coefficient (Wildman–Crippen LogP) is 2.68. The van der Waals surface area contributed by atoms with E-state index < -0.39 is 11.6 Å². The van der Waals surface area contributed by atoms with Crippen LogP contribution in [0.15, 0.2) is 36.4 Å². The molecule has 1 aliphatic heterocycles. The summed E-state index contributed by atoms with van der Waals surface area (Å²) >= 11 is 0. The van der Waals surface area contributed by atoms with Gasteiger partial charge >= 0.3 is 6.03 Å². The van der Waals surface area contributed by atoms with Gasteiger partial charge in [0.15, 0.2) is 5.78 Å². The van der Waals surface area contributed by atoms with Crippen LogP contribution < -0.4 is 5.32 Å². The van der Waals surface area contributed by atoms with Gasteiger partial charge in [-0.05, 0) is 31.9 Å². The Balaban J connectivity index is 1.90. The zero-order valence-electron chi connectivity index (χ0n) is 15.5. The van der Waals surface area contributed by atoms with Crippen LogP contribution in [0.25, 0.3) is 0 Å². The number of urea groups is 1.